The number of Topliss-reactive ketones (excluding diaryl/α,β-unsaturated/α-hetero) is 2. The zero-order chi connectivity index (χ0) is 40.0. The highest BCUT2D eigenvalue weighted by Gasteiger charge is 2.56. The Balaban J connectivity index is 1.78. The van der Waals surface area contributed by atoms with Crippen LogP contribution in [0.2, 0.25) is 18.1 Å². The molecule has 4 aromatic carbocycles. The Morgan fingerprint density at radius 3 is 1.78 bits per heavy atom. The molecule has 0 radical (unpaired) electrons. The van der Waals surface area contributed by atoms with E-state index < -0.39 is 45.8 Å². The van der Waals surface area contributed by atoms with Gasteiger partial charge in [-0.1, -0.05) is 118 Å². The second-order valence-electron chi connectivity index (χ2n) is 15.5. The largest absolute Gasteiger partial charge is 0.482 e. The number of rotatable bonds is 17. The molecule has 1 aliphatic rings. The fourth-order valence-electron chi connectivity index (χ4n) is 7.06. The molecule has 3 atom stereocenters. The van der Waals surface area contributed by atoms with Crippen LogP contribution < -0.4 is 20.7 Å². The van der Waals surface area contributed by atoms with Crippen molar-refractivity contribution < 1.29 is 33.4 Å². The summed E-state index contributed by atoms with van der Waals surface area (Å²) >= 11 is 0. The predicted octanol–water partition coefficient (Wildman–Crippen LogP) is 7.62. The van der Waals surface area contributed by atoms with Crippen molar-refractivity contribution in [1.29, 1.82) is 0 Å². The Morgan fingerprint density at radius 1 is 0.855 bits per heavy atom. The summed E-state index contributed by atoms with van der Waals surface area (Å²) in [6.07, 6.45) is 1.67. The molecule has 1 amide bonds. The molecule has 1 aliphatic heterocycles. The first kappa shape index (κ1) is 41.3. The van der Waals surface area contributed by atoms with Gasteiger partial charge in [0.25, 0.3) is 0 Å². The number of carbonyl (C=O) groups excluding carboxylic acids is 3. The lowest BCUT2D eigenvalue weighted by Gasteiger charge is -2.53. The maximum atomic E-state index is 15.1. The van der Waals surface area contributed by atoms with Gasteiger partial charge in [0.15, 0.2) is 26.5 Å². The highest BCUT2D eigenvalue weighted by atomic mass is 31.2. The van der Waals surface area contributed by atoms with Crippen molar-refractivity contribution >= 4 is 60.0 Å². The number of ketones is 2. The number of aliphatic carboxylic acids is 1. The first-order valence-corrected chi connectivity index (χ1v) is 23.4. The van der Waals surface area contributed by atoms with Crippen molar-refractivity contribution in [2.45, 2.75) is 77.2 Å². The van der Waals surface area contributed by atoms with E-state index in [1.54, 1.807) is 35.2 Å². The molecule has 0 saturated carbocycles. The number of β-lactam (4-membered cyclic amide) rings is 1. The third-order valence-corrected chi connectivity index (χ3v) is 19.7. The van der Waals surface area contributed by atoms with E-state index >= 15 is 9.59 Å². The average Bonchev–Trinajstić information content (AvgIpc) is 3.16. The number of amides is 1. The lowest BCUT2D eigenvalue weighted by Crippen LogP contribution is -2.69. The lowest BCUT2D eigenvalue weighted by molar-refractivity contribution is -0.154. The SMILES string of the molecule is C=CCCC(=O)C(N1C(=O)[C@H]([C@@H](C)O[Si](C)(C)C(C)(C)C)[C@H]1CC(=O)c1ccc(OCC(=O)O)cc1)=P(c1ccccc1)(c1ccccc1)c1ccccc1. The van der Waals surface area contributed by atoms with Crippen LogP contribution in [-0.2, 0) is 18.8 Å². The van der Waals surface area contributed by atoms with Crippen LogP contribution in [0, 0.1) is 5.92 Å². The van der Waals surface area contributed by atoms with E-state index in [2.05, 4.69) is 40.4 Å². The van der Waals surface area contributed by atoms with Gasteiger partial charge in [-0.15, -0.1) is 6.58 Å². The molecule has 1 fully saturated rings. The molecule has 1 heterocycles. The van der Waals surface area contributed by atoms with Gasteiger partial charge >= 0.3 is 5.97 Å². The number of carbonyl (C=O) groups is 4. The molecule has 0 aromatic heterocycles. The number of likely N-dealkylation sites (tertiary alicyclic amines) is 1. The van der Waals surface area contributed by atoms with Crippen molar-refractivity contribution in [3.05, 3.63) is 133 Å². The van der Waals surface area contributed by atoms with Crippen molar-refractivity contribution in [2.75, 3.05) is 6.61 Å². The maximum absolute atomic E-state index is 15.1. The minimum absolute atomic E-state index is 0.0620. The number of hydrogen-bond acceptors (Lipinski definition) is 6. The van der Waals surface area contributed by atoms with Crippen molar-refractivity contribution in [1.82, 2.24) is 4.90 Å². The van der Waals surface area contributed by atoms with Gasteiger partial charge in [0.05, 0.1) is 23.5 Å². The second kappa shape index (κ2) is 17.3. The number of carboxylic acid groups (broad SMARTS) is 1. The van der Waals surface area contributed by atoms with Gasteiger partial charge in [-0.25, -0.2) is 4.79 Å². The van der Waals surface area contributed by atoms with Crippen LogP contribution in [0.4, 0.5) is 0 Å². The molecule has 0 spiro atoms. The molecule has 0 aliphatic carbocycles. The summed E-state index contributed by atoms with van der Waals surface area (Å²) in [7, 11) is -2.37. The number of carboxylic acids is 1. The summed E-state index contributed by atoms with van der Waals surface area (Å²) in [4.78, 5) is 57.2. The summed E-state index contributed by atoms with van der Waals surface area (Å²) in [6.45, 7) is 13.0. The van der Waals surface area contributed by atoms with Crippen LogP contribution >= 0.6 is 6.89 Å². The van der Waals surface area contributed by atoms with Gasteiger partial charge < -0.3 is 19.2 Å². The number of ether oxygens (including phenoxy) is 1. The molecule has 1 saturated heterocycles. The molecule has 5 rings (SSSR count). The smallest absolute Gasteiger partial charge is 0.341 e. The zero-order valence-electron chi connectivity index (χ0n) is 32.6. The highest BCUT2D eigenvalue weighted by Crippen LogP contribution is 2.51. The monoisotopic (exact) mass is 777 g/mol. The summed E-state index contributed by atoms with van der Waals surface area (Å²) < 4.78 is 12.2. The predicted molar refractivity (Wildman–Crippen MR) is 225 cm³/mol. The van der Waals surface area contributed by atoms with Gasteiger partial charge in [0, 0.05) is 25.3 Å². The van der Waals surface area contributed by atoms with Gasteiger partial charge in [0.1, 0.15) is 5.75 Å². The molecule has 0 bridgehead atoms. The number of allylic oxidation sites excluding steroid dienone is 1. The Hall–Kier alpha value is -4.82. The third kappa shape index (κ3) is 8.70. The Labute approximate surface area is 326 Å². The maximum Gasteiger partial charge on any atom is 0.341 e. The summed E-state index contributed by atoms with van der Waals surface area (Å²) in [6, 6.07) is 35.4. The molecule has 10 heteroatoms. The van der Waals surface area contributed by atoms with Gasteiger partial charge in [-0.2, -0.15) is 0 Å². The standard InChI is InChI=1S/C45H52NO7PSi/c1-8-9-25-39(47)44(54(35-19-13-10-14-20-35,36-21-15-11-16-22-36)37-23-17-12-18-24-37)46-38(42(43(46)51)32(2)53-55(6,7)45(3,4)5)30-40(48)33-26-28-34(29-27-33)52-31-41(49)50/h8,10-24,26-29,32,38,42H,1,9,25,30-31H2,2-7H3,(H,49,50)/t32-,38-,42-/m1/s1. The van der Waals surface area contributed by atoms with E-state index in [0.717, 1.165) is 15.9 Å². The molecule has 0 unspecified atom stereocenters. The van der Waals surface area contributed by atoms with Crippen molar-refractivity contribution in [2.24, 2.45) is 5.92 Å². The Kier molecular flexibility index (Phi) is 13.0. The number of hydrogen-bond donors (Lipinski definition) is 1. The van der Waals surface area contributed by atoms with Crippen molar-refractivity contribution in [3.8, 4) is 5.75 Å². The lowest BCUT2D eigenvalue weighted by atomic mass is 9.79. The van der Waals surface area contributed by atoms with Crippen LogP contribution in [0.3, 0.4) is 0 Å². The fourth-order valence-corrected chi connectivity index (χ4v) is 13.0. The van der Waals surface area contributed by atoms with Gasteiger partial charge in [0.2, 0.25) is 5.91 Å². The summed E-state index contributed by atoms with van der Waals surface area (Å²) in [5.74, 6) is -2.12. The van der Waals surface area contributed by atoms with E-state index in [9.17, 15) is 9.59 Å². The fraction of sp³-hybridized carbons (Fsp3) is 0.311. The van der Waals surface area contributed by atoms with E-state index in [1.807, 2.05) is 97.9 Å². The third-order valence-electron chi connectivity index (χ3n) is 10.8. The first-order valence-electron chi connectivity index (χ1n) is 18.7. The quantitative estimate of drug-likeness (QED) is 0.0386. The molecular formula is C45H52NO7PSi. The minimum atomic E-state index is -3.09. The summed E-state index contributed by atoms with van der Waals surface area (Å²) in [5.41, 5.74) is 0.780. The van der Waals surface area contributed by atoms with E-state index in [0.29, 0.717) is 23.2 Å². The molecule has 8 nitrogen and oxygen atoms in total. The normalized spacial score (nSPS) is 16.5. The molecule has 288 valence electrons. The van der Waals surface area contributed by atoms with Gasteiger partial charge in [-0.3, -0.25) is 14.4 Å². The van der Waals surface area contributed by atoms with Crippen LogP contribution in [0.25, 0.3) is 0 Å². The van der Waals surface area contributed by atoms with E-state index in [4.69, 9.17) is 14.3 Å². The molecular weight excluding hydrogens is 726 g/mol. The van der Waals surface area contributed by atoms with Crippen LogP contribution in [0.5, 0.6) is 5.75 Å². The van der Waals surface area contributed by atoms with E-state index in [-0.39, 0.29) is 35.4 Å². The number of benzene rings is 4. The van der Waals surface area contributed by atoms with Crippen molar-refractivity contribution in [3.63, 3.8) is 0 Å². The topological polar surface area (TPSA) is 110 Å². The average molecular weight is 778 g/mol. The van der Waals surface area contributed by atoms with Crippen LogP contribution in [-0.4, -0.2) is 65.9 Å². The molecule has 1 N–H and O–H groups in total. The Bertz CT molecular complexity index is 1960. The highest BCUT2D eigenvalue weighted by molar-refractivity contribution is 7.96. The minimum Gasteiger partial charge on any atom is -0.482 e. The second-order valence-corrected chi connectivity index (χ2v) is 23.5. The summed E-state index contributed by atoms with van der Waals surface area (Å²) in [5, 5.41) is 11.7. The molecule has 4 aromatic rings. The number of nitrogens with zero attached hydrogens (tertiary/aromatic N) is 1. The van der Waals surface area contributed by atoms with Crippen LogP contribution in [0.1, 0.15) is 57.3 Å². The Morgan fingerprint density at radius 2 is 1.35 bits per heavy atom. The molecule has 55 heavy (non-hydrogen) atoms. The van der Waals surface area contributed by atoms with Gasteiger partial charge in [-0.05, 0) is 71.7 Å². The zero-order valence-corrected chi connectivity index (χ0v) is 34.5. The van der Waals surface area contributed by atoms with Crippen LogP contribution in [0.15, 0.2) is 128 Å². The first-order chi connectivity index (χ1) is 26.1. The van der Waals surface area contributed by atoms with E-state index in [1.165, 1.54) is 0 Å².